The highest BCUT2D eigenvalue weighted by molar-refractivity contribution is 5.85. The summed E-state index contributed by atoms with van der Waals surface area (Å²) in [6.45, 7) is 8.32. The lowest BCUT2D eigenvalue weighted by atomic mass is 10.1. The number of ether oxygens (including phenoxy) is 2. The third-order valence-electron chi connectivity index (χ3n) is 4.50. The molecule has 0 saturated heterocycles. The molecule has 3 heterocycles. The largest absolute Gasteiger partial charge is 0.444 e. The van der Waals surface area contributed by atoms with Crippen molar-refractivity contribution in [3.8, 4) is 11.6 Å². The van der Waals surface area contributed by atoms with Gasteiger partial charge in [0.1, 0.15) is 17.7 Å². The molecule has 1 aliphatic heterocycles. The molecule has 1 aliphatic rings. The number of carbonyl (C=O) groups is 1. The van der Waals surface area contributed by atoms with Crippen molar-refractivity contribution in [3.63, 3.8) is 0 Å². The first-order chi connectivity index (χ1) is 12.8. The summed E-state index contributed by atoms with van der Waals surface area (Å²) >= 11 is 0. The second-order valence-electron chi connectivity index (χ2n) is 7.67. The highest BCUT2D eigenvalue weighted by atomic mass is 16.6. The van der Waals surface area contributed by atoms with Gasteiger partial charge in [0, 0.05) is 22.7 Å². The molecule has 7 heteroatoms. The average Bonchev–Trinajstić information content (AvgIpc) is 3.23. The number of rotatable bonds is 2. The molecule has 2 aromatic heterocycles. The van der Waals surface area contributed by atoms with E-state index in [0.29, 0.717) is 19.0 Å². The predicted molar refractivity (Wildman–Crippen MR) is 101 cm³/mol. The lowest BCUT2D eigenvalue weighted by molar-refractivity contribution is 0.0240. The zero-order valence-corrected chi connectivity index (χ0v) is 15.9. The van der Waals surface area contributed by atoms with Gasteiger partial charge in [0.25, 0.3) is 0 Å². The Labute approximate surface area is 157 Å². The van der Waals surface area contributed by atoms with Gasteiger partial charge in [-0.1, -0.05) is 0 Å². The second kappa shape index (κ2) is 6.26. The topological polar surface area (TPSA) is 80.3 Å². The normalized spacial score (nSPS) is 13.7. The number of aryl methyl sites for hydroxylation is 1. The van der Waals surface area contributed by atoms with Crippen LogP contribution < -0.4 is 4.74 Å². The molecule has 4 rings (SSSR count). The fraction of sp³-hybridized carbons (Fsp3) is 0.350. The van der Waals surface area contributed by atoms with E-state index in [0.717, 1.165) is 33.5 Å². The van der Waals surface area contributed by atoms with Gasteiger partial charge in [-0.15, -0.1) is 0 Å². The quantitative estimate of drug-likeness (QED) is 0.731. The Morgan fingerprint density at radius 3 is 2.78 bits per heavy atom. The molecule has 0 aliphatic carbocycles. The number of benzene rings is 1. The SMILES string of the molecule is Cc1c(Oc2ncnc3c2CN(C(=O)OC(C)(C)C)C3)ccc2[nH]ccc12. The smallest absolute Gasteiger partial charge is 0.410 e. The molecule has 0 atom stereocenters. The van der Waals surface area contributed by atoms with Crippen LogP contribution in [0.1, 0.15) is 37.6 Å². The Hall–Kier alpha value is -3.09. The summed E-state index contributed by atoms with van der Waals surface area (Å²) in [6, 6.07) is 5.92. The molecule has 7 nitrogen and oxygen atoms in total. The van der Waals surface area contributed by atoms with E-state index in [4.69, 9.17) is 9.47 Å². The van der Waals surface area contributed by atoms with Crippen molar-refractivity contribution in [1.29, 1.82) is 0 Å². The molecule has 1 N–H and O–H groups in total. The van der Waals surface area contributed by atoms with Crippen LogP contribution in [0.25, 0.3) is 10.9 Å². The van der Waals surface area contributed by atoms with Crippen molar-refractivity contribution in [2.45, 2.75) is 46.4 Å². The average molecular weight is 366 g/mol. The molecule has 0 fully saturated rings. The second-order valence-corrected chi connectivity index (χ2v) is 7.67. The minimum absolute atomic E-state index is 0.364. The molecule has 0 saturated carbocycles. The number of fused-ring (bicyclic) bond motifs is 2. The van der Waals surface area contributed by atoms with Crippen LogP contribution in [-0.2, 0) is 17.8 Å². The third-order valence-corrected chi connectivity index (χ3v) is 4.50. The van der Waals surface area contributed by atoms with Gasteiger partial charge in [-0.2, -0.15) is 0 Å². The van der Waals surface area contributed by atoms with Gasteiger partial charge in [0.15, 0.2) is 0 Å². The van der Waals surface area contributed by atoms with Crippen molar-refractivity contribution in [3.05, 3.63) is 47.5 Å². The van der Waals surface area contributed by atoms with Crippen LogP contribution in [0.2, 0.25) is 0 Å². The van der Waals surface area contributed by atoms with E-state index in [9.17, 15) is 4.79 Å². The first kappa shape index (κ1) is 17.3. The fourth-order valence-electron chi connectivity index (χ4n) is 3.18. The van der Waals surface area contributed by atoms with Crippen LogP contribution in [0.5, 0.6) is 11.6 Å². The molecule has 1 aromatic carbocycles. The Morgan fingerprint density at radius 2 is 2.00 bits per heavy atom. The number of amides is 1. The van der Waals surface area contributed by atoms with Gasteiger partial charge in [-0.3, -0.25) is 4.90 Å². The Balaban J connectivity index is 1.59. The summed E-state index contributed by atoms with van der Waals surface area (Å²) < 4.78 is 11.6. The lowest BCUT2D eigenvalue weighted by Crippen LogP contribution is -2.33. The van der Waals surface area contributed by atoms with Gasteiger partial charge in [0.05, 0.1) is 24.3 Å². The van der Waals surface area contributed by atoms with Crippen molar-refractivity contribution in [2.24, 2.45) is 0 Å². The third kappa shape index (κ3) is 3.32. The Morgan fingerprint density at radius 1 is 1.19 bits per heavy atom. The van der Waals surface area contributed by atoms with E-state index in [1.165, 1.54) is 6.33 Å². The summed E-state index contributed by atoms with van der Waals surface area (Å²) in [7, 11) is 0. The molecular weight excluding hydrogens is 344 g/mol. The van der Waals surface area contributed by atoms with Gasteiger partial charge >= 0.3 is 6.09 Å². The highest BCUT2D eigenvalue weighted by Gasteiger charge is 2.31. The summed E-state index contributed by atoms with van der Waals surface area (Å²) in [5.74, 6) is 1.21. The van der Waals surface area contributed by atoms with Gasteiger partial charge in [0.2, 0.25) is 5.88 Å². The summed E-state index contributed by atoms with van der Waals surface area (Å²) in [5, 5.41) is 1.11. The predicted octanol–water partition coefficient (Wildman–Crippen LogP) is 4.31. The van der Waals surface area contributed by atoms with Crippen molar-refractivity contribution >= 4 is 17.0 Å². The van der Waals surface area contributed by atoms with Crippen molar-refractivity contribution in [2.75, 3.05) is 0 Å². The number of hydrogen-bond donors (Lipinski definition) is 1. The molecular formula is C20H22N4O3. The van der Waals surface area contributed by atoms with Crippen LogP contribution in [-0.4, -0.2) is 31.5 Å². The minimum Gasteiger partial charge on any atom is -0.444 e. The van der Waals surface area contributed by atoms with Crippen LogP contribution in [0.4, 0.5) is 4.79 Å². The molecule has 140 valence electrons. The molecule has 0 unspecified atom stereocenters. The molecule has 0 radical (unpaired) electrons. The number of aromatic nitrogens is 3. The highest BCUT2D eigenvalue weighted by Crippen LogP contribution is 2.34. The van der Waals surface area contributed by atoms with Gasteiger partial charge in [-0.25, -0.2) is 14.8 Å². The van der Waals surface area contributed by atoms with E-state index in [-0.39, 0.29) is 6.09 Å². The van der Waals surface area contributed by atoms with E-state index in [1.54, 1.807) is 4.90 Å². The van der Waals surface area contributed by atoms with E-state index in [1.807, 2.05) is 52.1 Å². The van der Waals surface area contributed by atoms with E-state index >= 15 is 0 Å². The van der Waals surface area contributed by atoms with Gasteiger partial charge < -0.3 is 14.5 Å². The number of nitrogens with one attached hydrogen (secondary N) is 1. The van der Waals surface area contributed by atoms with Gasteiger partial charge in [-0.05, 0) is 45.9 Å². The van der Waals surface area contributed by atoms with E-state index in [2.05, 4.69) is 15.0 Å². The molecule has 3 aromatic rings. The summed E-state index contributed by atoms with van der Waals surface area (Å²) in [6.07, 6.45) is 3.01. The molecule has 1 amide bonds. The van der Waals surface area contributed by atoms with Crippen LogP contribution in [0, 0.1) is 6.92 Å². The monoisotopic (exact) mass is 366 g/mol. The van der Waals surface area contributed by atoms with Crippen molar-refractivity contribution < 1.29 is 14.3 Å². The first-order valence-corrected chi connectivity index (χ1v) is 8.87. The van der Waals surface area contributed by atoms with Crippen molar-refractivity contribution in [1.82, 2.24) is 19.9 Å². The van der Waals surface area contributed by atoms with Crippen LogP contribution in [0.3, 0.4) is 0 Å². The zero-order chi connectivity index (χ0) is 19.2. The molecule has 0 bridgehead atoms. The zero-order valence-electron chi connectivity index (χ0n) is 15.9. The number of nitrogens with zero attached hydrogens (tertiary/aromatic N) is 3. The van der Waals surface area contributed by atoms with Crippen LogP contribution >= 0.6 is 0 Å². The number of H-pyrrole nitrogens is 1. The lowest BCUT2D eigenvalue weighted by Gasteiger charge is -2.23. The number of carbonyl (C=O) groups excluding carboxylic acids is 1. The number of hydrogen-bond acceptors (Lipinski definition) is 5. The molecule has 27 heavy (non-hydrogen) atoms. The maximum atomic E-state index is 12.4. The minimum atomic E-state index is -0.542. The van der Waals surface area contributed by atoms with E-state index < -0.39 is 5.60 Å². The Bertz CT molecular complexity index is 1020. The standard InChI is InChI=1S/C20H22N4O3/c1-12-13-7-8-21-15(13)5-6-17(12)26-18-14-9-24(10-16(14)22-11-23-18)19(25)27-20(2,3)4/h5-8,11,21H,9-10H2,1-4H3. The molecule has 0 spiro atoms. The fourth-order valence-corrected chi connectivity index (χ4v) is 3.18. The summed E-state index contributed by atoms with van der Waals surface area (Å²) in [5.41, 5.74) is 3.15. The van der Waals surface area contributed by atoms with Crippen LogP contribution in [0.15, 0.2) is 30.7 Å². The summed E-state index contributed by atoms with van der Waals surface area (Å²) in [4.78, 5) is 25.8. The maximum Gasteiger partial charge on any atom is 0.410 e. The Kier molecular flexibility index (Phi) is 4.02. The first-order valence-electron chi connectivity index (χ1n) is 8.87. The maximum absolute atomic E-state index is 12.4. The number of aromatic amines is 1.